The number of aliphatic carboxylic acids is 1. The Morgan fingerprint density at radius 3 is 2.65 bits per heavy atom. The van der Waals surface area contributed by atoms with Crippen molar-refractivity contribution in [3.8, 4) is 0 Å². The molecule has 1 unspecified atom stereocenters. The van der Waals surface area contributed by atoms with Crippen LogP contribution in [-0.4, -0.2) is 48.9 Å². The van der Waals surface area contributed by atoms with Crippen molar-refractivity contribution >= 4 is 11.9 Å². The Morgan fingerprint density at radius 2 is 2.05 bits per heavy atom. The van der Waals surface area contributed by atoms with Gasteiger partial charge < -0.3 is 19.9 Å². The number of carboxylic acid groups (broad SMARTS) is 1. The Morgan fingerprint density at radius 1 is 1.30 bits per heavy atom. The molecule has 1 aromatic carbocycles. The van der Waals surface area contributed by atoms with Crippen molar-refractivity contribution in [3.63, 3.8) is 0 Å². The maximum atomic E-state index is 11.9. The van der Waals surface area contributed by atoms with Gasteiger partial charge in [-0.05, 0) is 5.56 Å². The van der Waals surface area contributed by atoms with Crippen LogP contribution >= 0.6 is 0 Å². The molecule has 1 aliphatic heterocycles. The predicted octanol–water partition coefficient (Wildman–Crippen LogP) is 0.214. The lowest BCUT2D eigenvalue weighted by atomic mass is 10.1. The summed E-state index contributed by atoms with van der Waals surface area (Å²) >= 11 is 0. The van der Waals surface area contributed by atoms with Crippen molar-refractivity contribution in [1.29, 1.82) is 0 Å². The zero-order valence-electron chi connectivity index (χ0n) is 11.0. The highest BCUT2D eigenvalue weighted by Crippen LogP contribution is 2.06. The summed E-state index contributed by atoms with van der Waals surface area (Å²) in [5.41, 5.74) is 0.848. The second-order valence-corrected chi connectivity index (χ2v) is 4.52. The highest BCUT2D eigenvalue weighted by molar-refractivity contribution is 5.86. The predicted molar refractivity (Wildman–Crippen MR) is 70.3 cm³/mol. The molecule has 0 radical (unpaired) electrons. The molecule has 0 spiro atoms. The van der Waals surface area contributed by atoms with Crippen LogP contribution in [0.5, 0.6) is 0 Å². The summed E-state index contributed by atoms with van der Waals surface area (Å²) in [4.78, 5) is 23.2. The Hall–Kier alpha value is -1.92. The van der Waals surface area contributed by atoms with E-state index < -0.39 is 24.0 Å². The standard InChI is InChI=1S/C14H17NO5/c16-13(12-9-19-6-7-20-12)15-11(14(17)18)8-10-4-2-1-3-5-10/h1-5,11-12H,6-9H2,(H,15,16)(H,17,18)/t11-,12?/m1/s1. The van der Waals surface area contributed by atoms with Crippen molar-refractivity contribution < 1.29 is 24.2 Å². The fourth-order valence-corrected chi connectivity index (χ4v) is 1.95. The molecule has 2 atom stereocenters. The third-order valence-corrected chi connectivity index (χ3v) is 3.01. The number of benzene rings is 1. The molecule has 108 valence electrons. The largest absolute Gasteiger partial charge is 0.480 e. The quantitative estimate of drug-likeness (QED) is 0.805. The summed E-state index contributed by atoms with van der Waals surface area (Å²) in [6, 6.07) is 8.17. The molecule has 6 nitrogen and oxygen atoms in total. The number of carboxylic acids is 1. The molecule has 1 fully saturated rings. The third-order valence-electron chi connectivity index (χ3n) is 3.01. The molecule has 1 aliphatic rings. The normalized spacial score (nSPS) is 20.1. The van der Waals surface area contributed by atoms with Crippen LogP contribution in [-0.2, 0) is 25.5 Å². The van der Waals surface area contributed by atoms with E-state index in [2.05, 4.69) is 5.32 Å². The zero-order valence-corrected chi connectivity index (χ0v) is 11.0. The number of rotatable bonds is 5. The minimum Gasteiger partial charge on any atom is -0.480 e. The van der Waals surface area contributed by atoms with Gasteiger partial charge in [0.2, 0.25) is 0 Å². The minimum atomic E-state index is -1.07. The first-order chi connectivity index (χ1) is 9.66. The summed E-state index contributed by atoms with van der Waals surface area (Å²) in [6.45, 7) is 0.953. The average Bonchev–Trinajstić information content (AvgIpc) is 2.48. The summed E-state index contributed by atoms with van der Waals surface area (Å²) < 4.78 is 10.4. The van der Waals surface area contributed by atoms with Crippen LogP contribution in [0.15, 0.2) is 30.3 Å². The van der Waals surface area contributed by atoms with Crippen molar-refractivity contribution in [2.24, 2.45) is 0 Å². The molecule has 0 saturated carbocycles. The lowest BCUT2D eigenvalue weighted by molar-refractivity contribution is -0.152. The van der Waals surface area contributed by atoms with Gasteiger partial charge in [0.1, 0.15) is 6.04 Å². The first kappa shape index (κ1) is 14.5. The summed E-state index contributed by atoms with van der Waals surface area (Å²) in [5.74, 6) is -1.52. The fraction of sp³-hybridized carbons (Fsp3) is 0.429. The number of nitrogens with one attached hydrogen (secondary N) is 1. The molecule has 1 saturated heterocycles. The third kappa shape index (κ3) is 4.04. The molecular formula is C14H17NO5. The van der Waals surface area contributed by atoms with Crippen LogP contribution in [0.3, 0.4) is 0 Å². The van der Waals surface area contributed by atoms with Gasteiger partial charge >= 0.3 is 5.97 Å². The number of ether oxygens (including phenoxy) is 2. The van der Waals surface area contributed by atoms with Gasteiger partial charge in [-0.15, -0.1) is 0 Å². The van der Waals surface area contributed by atoms with Crippen molar-refractivity contribution in [1.82, 2.24) is 5.32 Å². The number of carbonyl (C=O) groups is 2. The number of amides is 1. The van der Waals surface area contributed by atoms with Crippen LogP contribution in [0.1, 0.15) is 5.56 Å². The van der Waals surface area contributed by atoms with Crippen LogP contribution in [0.4, 0.5) is 0 Å². The van der Waals surface area contributed by atoms with Gasteiger partial charge in [0.15, 0.2) is 6.10 Å². The Labute approximate surface area is 116 Å². The van der Waals surface area contributed by atoms with E-state index in [-0.39, 0.29) is 13.0 Å². The number of carbonyl (C=O) groups excluding carboxylic acids is 1. The monoisotopic (exact) mass is 279 g/mol. The molecule has 20 heavy (non-hydrogen) atoms. The highest BCUT2D eigenvalue weighted by Gasteiger charge is 2.27. The van der Waals surface area contributed by atoms with Crippen molar-refractivity contribution in [3.05, 3.63) is 35.9 Å². The van der Waals surface area contributed by atoms with Crippen LogP contribution in [0, 0.1) is 0 Å². The Kier molecular flexibility index (Phi) is 5.09. The van der Waals surface area contributed by atoms with E-state index in [1.807, 2.05) is 30.3 Å². The molecule has 1 aromatic rings. The smallest absolute Gasteiger partial charge is 0.326 e. The molecule has 0 bridgehead atoms. The first-order valence-corrected chi connectivity index (χ1v) is 6.43. The zero-order chi connectivity index (χ0) is 14.4. The van der Waals surface area contributed by atoms with E-state index in [0.717, 1.165) is 5.56 Å². The summed E-state index contributed by atoms with van der Waals surface area (Å²) in [7, 11) is 0. The van der Waals surface area contributed by atoms with Gasteiger partial charge in [-0.3, -0.25) is 4.79 Å². The van der Waals surface area contributed by atoms with E-state index in [9.17, 15) is 14.7 Å². The highest BCUT2D eigenvalue weighted by atomic mass is 16.6. The fourth-order valence-electron chi connectivity index (χ4n) is 1.95. The van der Waals surface area contributed by atoms with Crippen LogP contribution in [0.25, 0.3) is 0 Å². The molecule has 1 amide bonds. The molecule has 0 aliphatic carbocycles. The second kappa shape index (κ2) is 7.02. The minimum absolute atomic E-state index is 0.156. The second-order valence-electron chi connectivity index (χ2n) is 4.52. The topological polar surface area (TPSA) is 84.9 Å². The van der Waals surface area contributed by atoms with Gasteiger partial charge in [0.05, 0.1) is 19.8 Å². The molecular weight excluding hydrogens is 262 g/mol. The molecule has 6 heteroatoms. The number of hydrogen-bond donors (Lipinski definition) is 2. The SMILES string of the molecule is O=C(N[C@H](Cc1ccccc1)C(=O)O)C1COCCO1. The lowest BCUT2D eigenvalue weighted by Crippen LogP contribution is -2.50. The Bertz CT molecular complexity index is 456. The van der Waals surface area contributed by atoms with Crippen molar-refractivity contribution in [2.75, 3.05) is 19.8 Å². The van der Waals surface area contributed by atoms with E-state index in [1.54, 1.807) is 0 Å². The molecule has 2 rings (SSSR count). The van der Waals surface area contributed by atoms with Gasteiger partial charge in [-0.2, -0.15) is 0 Å². The first-order valence-electron chi connectivity index (χ1n) is 6.43. The average molecular weight is 279 g/mol. The van der Waals surface area contributed by atoms with E-state index in [1.165, 1.54) is 0 Å². The molecule has 0 aromatic heterocycles. The van der Waals surface area contributed by atoms with Crippen molar-refractivity contribution in [2.45, 2.75) is 18.6 Å². The van der Waals surface area contributed by atoms with Crippen LogP contribution in [0.2, 0.25) is 0 Å². The van der Waals surface area contributed by atoms with Gasteiger partial charge in [0, 0.05) is 6.42 Å². The van der Waals surface area contributed by atoms with Gasteiger partial charge in [-0.25, -0.2) is 4.79 Å². The van der Waals surface area contributed by atoms with Crippen LogP contribution < -0.4 is 5.32 Å². The Balaban J connectivity index is 1.95. The van der Waals surface area contributed by atoms with E-state index >= 15 is 0 Å². The summed E-state index contributed by atoms with van der Waals surface area (Å²) in [5, 5.41) is 11.7. The van der Waals surface area contributed by atoms with Gasteiger partial charge in [0.25, 0.3) is 5.91 Å². The van der Waals surface area contributed by atoms with E-state index in [4.69, 9.17) is 9.47 Å². The van der Waals surface area contributed by atoms with Gasteiger partial charge in [-0.1, -0.05) is 30.3 Å². The molecule has 2 N–H and O–H groups in total. The lowest BCUT2D eigenvalue weighted by Gasteiger charge is -2.24. The maximum Gasteiger partial charge on any atom is 0.326 e. The maximum absolute atomic E-state index is 11.9. The number of hydrogen-bond acceptors (Lipinski definition) is 4. The van der Waals surface area contributed by atoms with E-state index in [0.29, 0.717) is 13.2 Å². The summed E-state index contributed by atoms with van der Waals surface area (Å²) in [6.07, 6.45) is -0.503. The molecule has 1 heterocycles.